The van der Waals surface area contributed by atoms with Crippen molar-refractivity contribution in [1.82, 2.24) is 0 Å². The Balaban J connectivity index is 2.08. The fourth-order valence-electron chi connectivity index (χ4n) is 2.22. The van der Waals surface area contributed by atoms with E-state index in [4.69, 9.17) is 14.6 Å². The first-order valence-electron chi connectivity index (χ1n) is 5.14. The van der Waals surface area contributed by atoms with Crippen LogP contribution in [0.25, 0.3) is 0 Å². The normalized spacial score (nSPS) is 34.6. The van der Waals surface area contributed by atoms with Crippen LogP contribution in [-0.4, -0.2) is 30.1 Å². The largest absolute Gasteiger partial charge is 0.481 e. The number of aliphatic carboxylic acids is 1. The second-order valence-corrected chi connectivity index (χ2v) is 4.78. The third kappa shape index (κ3) is 1.79. The van der Waals surface area contributed by atoms with E-state index in [0.29, 0.717) is 32.5 Å². The van der Waals surface area contributed by atoms with Crippen LogP contribution in [0.2, 0.25) is 0 Å². The molecule has 0 aromatic heterocycles. The Kier molecular flexibility index (Phi) is 2.35. The molecule has 1 heterocycles. The maximum Gasteiger partial charge on any atom is 0.309 e. The summed E-state index contributed by atoms with van der Waals surface area (Å²) in [4.78, 5) is 11.1. The van der Waals surface area contributed by atoms with Crippen molar-refractivity contribution in [2.75, 3.05) is 13.2 Å². The summed E-state index contributed by atoms with van der Waals surface area (Å²) in [7, 11) is 0. The molecular formula is C11H16O4. The van der Waals surface area contributed by atoms with E-state index in [2.05, 4.69) is 6.58 Å². The van der Waals surface area contributed by atoms with Gasteiger partial charge in [-0.2, -0.15) is 0 Å². The fourth-order valence-corrected chi connectivity index (χ4v) is 2.22. The van der Waals surface area contributed by atoms with E-state index in [9.17, 15) is 4.79 Å². The van der Waals surface area contributed by atoms with E-state index in [-0.39, 0.29) is 0 Å². The molecule has 1 aliphatic carbocycles. The number of hydrogen-bond acceptors (Lipinski definition) is 3. The quantitative estimate of drug-likeness (QED) is 0.670. The Morgan fingerprint density at radius 3 is 2.47 bits per heavy atom. The van der Waals surface area contributed by atoms with Crippen LogP contribution in [0, 0.1) is 5.41 Å². The summed E-state index contributed by atoms with van der Waals surface area (Å²) in [6, 6.07) is 0. The van der Waals surface area contributed by atoms with Gasteiger partial charge in [0.05, 0.1) is 18.6 Å². The zero-order valence-corrected chi connectivity index (χ0v) is 8.91. The monoisotopic (exact) mass is 212 g/mol. The standard InChI is InChI=1S/C11H16O4/c1-8-5-14-11(15-6-8)4-3-10(2,7-11)9(12)13/h1,3-7H2,2H3,(H,12,13). The first-order chi connectivity index (χ1) is 6.96. The maximum atomic E-state index is 11.1. The molecule has 0 aromatic carbocycles. The van der Waals surface area contributed by atoms with Crippen LogP contribution in [0.5, 0.6) is 0 Å². The van der Waals surface area contributed by atoms with Crippen LogP contribution >= 0.6 is 0 Å². The lowest BCUT2D eigenvalue weighted by Crippen LogP contribution is -2.40. The Labute approximate surface area is 88.9 Å². The SMILES string of the molecule is C=C1COC2(CCC(C)(C(=O)O)C2)OC1. The molecule has 2 fully saturated rings. The van der Waals surface area contributed by atoms with Crippen LogP contribution in [0.4, 0.5) is 0 Å². The van der Waals surface area contributed by atoms with Gasteiger partial charge in [-0.15, -0.1) is 0 Å². The Hall–Kier alpha value is -0.870. The van der Waals surface area contributed by atoms with Crippen molar-refractivity contribution < 1.29 is 19.4 Å². The van der Waals surface area contributed by atoms with Gasteiger partial charge in [-0.3, -0.25) is 4.79 Å². The topological polar surface area (TPSA) is 55.8 Å². The number of carbonyl (C=O) groups is 1. The van der Waals surface area contributed by atoms with Crippen molar-refractivity contribution in [3.63, 3.8) is 0 Å². The van der Waals surface area contributed by atoms with E-state index < -0.39 is 17.2 Å². The van der Waals surface area contributed by atoms with Crippen LogP contribution < -0.4 is 0 Å². The molecule has 15 heavy (non-hydrogen) atoms. The predicted molar refractivity (Wildman–Crippen MR) is 53.4 cm³/mol. The van der Waals surface area contributed by atoms with Gasteiger partial charge >= 0.3 is 5.97 Å². The van der Waals surface area contributed by atoms with Gasteiger partial charge in [-0.1, -0.05) is 6.58 Å². The third-order valence-corrected chi connectivity index (χ3v) is 3.31. The average molecular weight is 212 g/mol. The molecule has 2 aliphatic rings. The zero-order chi connectivity index (χ0) is 11.1. The molecule has 0 aromatic rings. The van der Waals surface area contributed by atoms with E-state index in [1.807, 2.05) is 0 Å². The van der Waals surface area contributed by atoms with Crippen LogP contribution in [-0.2, 0) is 14.3 Å². The minimum atomic E-state index is -0.768. The summed E-state index contributed by atoms with van der Waals surface area (Å²) in [5, 5.41) is 9.11. The minimum Gasteiger partial charge on any atom is -0.481 e. The molecule has 1 unspecified atom stereocenters. The van der Waals surface area contributed by atoms with E-state index in [0.717, 1.165) is 5.57 Å². The number of carboxylic acid groups (broad SMARTS) is 1. The van der Waals surface area contributed by atoms with Gasteiger partial charge in [0.1, 0.15) is 0 Å². The fraction of sp³-hybridized carbons (Fsp3) is 0.727. The summed E-state index contributed by atoms with van der Waals surface area (Å²) in [5.74, 6) is -1.44. The van der Waals surface area contributed by atoms with Gasteiger partial charge in [0.2, 0.25) is 0 Å². The molecule has 4 nitrogen and oxygen atoms in total. The number of carboxylic acids is 1. The van der Waals surface area contributed by atoms with Crippen LogP contribution in [0.1, 0.15) is 26.2 Å². The summed E-state index contributed by atoms with van der Waals surface area (Å²) in [5.41, 5.74) is 0.197. The molecule has 4 heteroatoms. The van der Waals surface area contributed by atoms with Crippen molar-refractivity contribution >= 4 is 5.97 Å². The third-order valence-electron chi connectivity index (χ3n) is 3.31. The first kappa shape index (κ1) is 10.6. The van der Waals surface area contributed by atoms with E-state index in [1.54, 1.807) is 6.92 Å². The Morgan fingerprint density at radius 2 is 2.00 bits per heavy atom. The molecule has 2 rings (SSSR count). The van der Waals surface area contributed by atoms with Gasteiger partial charge in [-0.05, 0) is 18.9 Å². The lowest BCUT2D eigenvalue weighted by atomic mass is 9.89. The Bertz CT molecular complexity index is 300. The number of rotatable bonds is 1. The average Bonchev–Trinajstić information content (AvgIpc) is 2.52. The summed E-state index contributed by atoms with van der Waals surface area (Å²) < 4.78 is 11.2. The molecule has 1 spiro atoms. The summed E-state index contributed by atoms with van der Waals surface area (Å²) in [6.07, 6.45) is 1.69. The van der Waals surface area contributed by atoms with E-state index >= 15 is 0 Å². The van der Waals surface area contributed by atoms with Crippen LogP contribution in [0.15, 0.2) is 12.2 Å². The van der Waals surface area contributed by atoms with Crippen molar-refractivity contribution in [2.24, 2.45) is 5.41 Å². The maximum absolute atomic E-state index is 11.1. The highest BCUT2D eigenvalue weighted by atomic mass is 16.7. The smallest absolute Gasteiger partial charge is 0.309 e. The van der Waals surface area contributed by atoms with Gasteiger partial charge in [0, 0.05) is 12.8 Å². The second kappa shape index (κ2) is 3.32. The van der Waals surface area contributed by atoms with Crippen molar-refractivity contribution in [2.45, 2.75) is 32.0 Å². The van der Waals surface area contributed by atoms with Gasteiger partial charge in [-0.25, -0.2) is 0 Å². The molecule has 0 amide bonds. The van der Waals surface area contributed by atoms with Crippen molar-refractivity contribution in [3.8, 4) is 0 Å². The number of ether oxygens (including phenoxy) is 2. The highest BCUT2D eigenvalue weighted by molar-refractivity contribution is 5.74. The minimum absolute atomic E-state index is 0.433. The van der Waals surface area contributed by atoms with Crippen molar-refractivity contribution in [3.05, 3.63) is 12.2 Å². The second-order valence-electron chi connectivity index (χ2n) is 4.78. The molecule has 0 radical (unpaired) electrons. The van der Waals surface area contributed by atoms with Gasteiger partial charge in [0.25, 0.3) is 0 Å². The highest BCUT2D eigenvalue weighted by Crippen LogP contribution is 2.48. The lowest BCUT2D eigenvalue weighted by molar-refractivity contribution is -0.248. The predicted octanol–water partition coefficient (Wildman–Crippen LogP) is 1.56. The molecule has 1 saturated heterocycles. The van der Waals surface area contributed by atoms with Gasteiger partial charge < -0.3 is 14.6 Å². The molecule has 0 bridgehead atoms. The van der Waals surface area contributed by atoms with E-state index in [1.165, 1.54) is 0 Å². The molecule has 1 atom stereocenters. The molecule has 84 valence electrons. The van der Waals surface area contributed by atoms with Crippen molar-refractivity contribution in [1.29, 1.82) is 0 Å². The lowest BCUT2D eigenvalue weighted by Gasteiger charge is -2.35. The molecule has 1 N–H and O–H groups in total. The Morgan fingerprint density at radius 1 is 1.40 bits per heavy atom. The summed E-state index contributed by atoms with van der Waals surface area (Å²) >= 11 is 0. The summed E-state index contributed by atoms with van der Waals surface area (Å²) in [6.45, 7) is 6.49. The zero-order valence-electron chi connectivity index (χ0n) is 8.91. The molecular weight excluding hydrogens is 196 g/mol. The highest BCUT2D eigenvalue weighted by Gasteiger charge is 2.52. The molecule has 1 saturated carbocycles. The first-order valence-corrected chi connectivity index (χ1v) is 5.14. The molecule has 1 aliphatic heterocycles. The van der Waals surface area contributed by atoms with Crippen LogP contribution in [0.3, 0.4) is 0 Å². The number of hydrogen-bond donors (Lipinski definition) is 1. The van der Waals surface area contributed by atoms with Gasteiger partial charge in [0.15, 0.2) is 5.79 Å².